The number of rotatable bonds is 2. The minimum atomic E-state index is -0.439. The summed E-state index contributed by atoms with van der Waals surface area (Å²) in [5, 5.41) is 6.45. The number of hydrogen-bond acceptors (Lipinski definition) is 5. The Kier molecular flexibility index (Phi) is 2.92. The number of anilines is 2. The standard InChI is InChI=1S/C9H9ClN6O/c1-16-9(13-4-14-16)15-8(17)6-2-5(11)3-12-7(6)10/h2-4H,11H2,1H3,(H,13,14,15,17). The summed E-state index contributed by atoms with van der Waals surface area (Å²) < 4.78 is 1.42. The topological polar surface area (TPSA) is 98.7 Å². The average molecular weight is 253 g/mol. The van der Waals surface area contributed by atoms with Gasteiger partial charge in [-0.25, -0.2) is 9.67 Å². The molecule has 2 aromatic rings. The van der Waals surface area contributed by atoms with Gasteiger partial charge in [0.05, 0.1) is 17.4 Å². The Hall–Kier alpha value is -2.15. The van der Waals surface area contributed by atoms with Crippen LogP contribution in [0.1, 0.15) is 10.4 Å². The van der Waals surface area contributed by atoms with E-state index in [-0.39, 0.29) is 10.7 Å². The van der Waals surface area contributed by atoms with Gasteiger partial charge in [0.1, 0.15) is 11.5 Å². The fraction of sp³-hybridized carbons (Fsp3) is 0.111. The summed E-state index contributed by atoms with van der Waals surface area (Å²) in [6, 6.07) is 1.45. The van der Waals surface area contributed by atoms with E-state index in [0.717, 1.165) is 0 Å². The maximum atomic E-state index is 11.9. The minimum absolute atomic E-state index is 0.0823. The number of carbonyl (C=O) groups excluding carboxylic acids is 1. The van der Waals surface area contributed by atoms with E-state index in [4.69, 9.17) is 17.3 Å². The lowest BCUT2D eigenvalue weighted by Crippen LogP contribution is -2.16. The first-order chi connectivity index (χ1) is 8.08. The van der Waals surface area contributed by atoms with Crippen LogP contribution in [0.5, 0.6) is 0 Å². The summed E-state index contributed by atoms with van der Waals surface area (Å²) in [6.45, 7) is 0. The van der Waals surface area contributed by atoms with Crippen molar-refractivity contribution < 1.29 is 4.79 Å². The second-order valence-electron chi connectivity index (χ2n) is 3.27. The van der Waals surface area contributed by atoms with Crippen molar-refractivity contribution in [3.8, 4) is 0 Å². The van der Waals surface area contributed by atoms with E-state index in [1.54, 1.807) is 7.05 Å². The molecule has 0 atom stereocenters. The smallest absolute Gasteiger partial charge is 0.261 e. The van der Waals surface area contributed by atoms with Crippen LogP contribution in [0.4, 0.5) is 11.6 Å². The van der Waals surface area contributed by atoms with Gasteiger partial charge in [0.2, 0.25) is 5.95 Å². The van der Waals surface area contributed by atoms with Crippen molar-refractivity contribution >= 4 is 29.1 Å². The quantitative estimate of drug-likeness (QED) is 0.767. The Morgan fingerprint density at radius 1 is 1.53 bits per heavy atom. The molecule has 0 radical (unpaired) electrons. The Morgan fingerprint density at radius 2 is 2.29 bits per heavy atom. The average Bonchev–Trinajstić information content (AvgIpc) is 2.68. The van der Waals surface area contributed by atoms with Crippen molar-refractivity contribution in [1.29, 1.82) is 0 Å². The monoisotopic (exact) mass is 252 g/mol. The summed E-state index contributed by atoms with van der Waals surface area (Å²) >= 11 is 5.80. The number of hydrogen-bond donors (Lipinski definition) is 2. The van der Waals surface area contributed by atoms with E-state index in [1.807, 2.05) is 0 Å². The van der Waals surface area contributed by atoms with Crippen molar-refractivity contribution in [1.82, 2.24) is 19.7 Å². The maximum Gasteiger partial charge on any atom is 0.261 e. The molecule has 2 heterocycles. The van der Waals surface area contributed by atoms with Gasteiger partial charge in [-0.3, -0.25) is 10.1 Å². The molecule has 3 N–H and O–H groups in total. The number of nitrogen functional groups attached to an aromatic ring is 1. The second-order valence-corrected chi connectivity index (χ2v) is 3.63. The van der Waals surface area contributed by atoms with Crippen molar-refractivity contribution in [2.75, 3.05) is 11.1 Å². The number of nitrogens with two attached hydrogens (primary N) is 1. The van der Waals surface area contributed by atoms with Crippen LogP contribution in [0.25, 0.3) is 0 Å². The number of amides is 1. The largest absolute Gasteiger partial charge is 0.397 e. The van der Waals surface area contributed by atoms with Crippen LogP contribution in [0.15, 0.2) is 18.6 Å². The number of nitrogens with zero attached hydrogens (tertiary/aromatic N) is 4. The summed E-state index contributed by atoms with van der Waals surface area (Å²) in [7, 11) is 1.65. The van der Waals surface area contributed by atoms with E-state index < -0.39 is 5.91 Å². The lowest BCUT2D eigenvalue weighted by Gasteiger charge is -2.05. The van der Waals surface area contributed by atoms with E-state index in [0.29, 0.717) is 11.6 Å². The molecule has 7 nitrogen and oxygen atoms in total. The molecular formula is C9H9ClN6O. The Morgan fingerprint density at radius 3 is 2.94 bits per heavy atom. The Labute approximate surface area is 102 Å². The van der Waals surface area contributed by atoms with E-state index >= 15 is 0 Å². The van der Waals surface area contributed by atoms with Gasteiger partial charge >= 0.3 is 0 Å². The lowest BCUT2D eigenvalue weighted by molar-refractivity contribution is 0.102. The molecule has 0 aromatic carbocycles. The molecule has 1 amide bonds. The van der Waals surface area contributed by atoms with Gasteiger partial charge in [-0.15, -0.1) is 0 Å². The molecule has 2 aromatic heterocycles. The highest BCUT2D eigenvalue weighted by atomic mass is 35.5. The SMILES string of the molecule is Cn1ncnc1NC(=O)c1cc(N)cnc1Cl. The fourth-order valence-electron chi connectivity index (χ4n) is 1.20. The molecule has 2 rings (SSSR count). The van der Waals surface area contributed by atoms with Gasteiger partial charge in [0, 0.05) is 7.05 Å². The molecule has 0 bridgehead atoms. The summed E-state index contributed by atoms with van der Waals surface area (Å²) in [6.07, 6.45) is 2.70. The number of nitrogens with one attached hydrogen (secondary N) is 1. The van der Waals surface area contributed by atoms with Gasteiger partial charge in [-0.05, 0) is 6.07 Å². The first kappa shape index (κ1) is 11.3. The molecule has 0 aliphatic rings. The van der Waals surface area contributed by atoms with Crippen LogP contribution in [-0.2, 0) is 7.05 Å². The first-order valence-corrected chi connectivity index (χ1v) is 5.02. The third-order valence-electron chi connectivity index (χ3n) is 2.04. The van der Waals surface area contributed by atoms with Gasteiger partial charge in [0.25, 0.3) is 5.91 Å². The van der Waals surface area contributed by atoms with Crippen molar-refractivity contribution in [3.63, 3.8) is 0 Å². The van der Waals surface area contributed by atoms with Crippen LogP contribution < -0.4 is 11.1 Å². The third kappa shape index (κ3) is 2.34. The normalized spacial score (nSPS) is 10.2. The molecular weight excluding hydrogens is 244 g/mol. The molecule has 0 unspecified atom stereocenters. The second kappa shape index (κ2) is 4.38. The van der Waals surface area contributed by atoms with Gasteiger partial charge in [0.15, 0.2) is 0 Å². The molecule has 0 fully saturated rings. The van der Waals surface area contributed by atoms with Crippen LogP contribution in [0.2, 0.25) is 5.15 Å². The van der Waals surface area contributed by atoms with E-state index in [9.17, 15) is 4.79 Å². The number of carbonyl (C=O) groups is 1. The minimum Gasteiger partial charge on any atom is -0.397 e. The van der Waals surface area contributed by atoms with E-state index in [1.165, 1.54) is 23.3 Å². The van der Waals surface area contributed by atoms with Gasteiger partial charge in [-0.1, -0.05) is 11.6 Å². The molecule has 17 heavy (non-hydrogen) atoms. The van der Waals surface area contributed by atoms with Crippen molar-refractivity contribution in [2.24, 2.45) is 7.05 Å². The van der Waals surface area contributed by atoms with Crippen LogP contribution in [-0.4, -0.2) is 25.7 Å². The maximum absolute atomic E-state index is 11.9. The zero-order valence-corrected chi connectivity index (χ0v) is 9.64. The molecule has 0 saturated carbocycles. The fourth-order valence-corrected chi connectivity index (χ4v) is 1.39. The Balaban J connectivity index is 2.26. The Bertz CT molecular complexity index is 566. The summed E-state index contributed by atoms with van der Waals surface area (Å²) in [5.41, 5.74) is 6.08. The number of aryl methyl sites for hydroxylation is 1. The summed E-state index contributed by atoms with van der Waals surface area (Å²) in [4.78, 5) is 19.5. The summed E-state index contributed by atoms with van der Waals surface area (Å²) in [5.74, 6) is -0.126. The molecule has 0 spiro atoms. The van der Waals surface area contributed by atoms with Crippen LogP contribution in [0.3, 0.4) is 0 Å². The zero-order chi connectivity index (χ0) is 12.4. The number of pyridine rings is 1. The molecule has 88 valence electrons. The zero-order valence-electron chi connectivity index (χ0n) is 8.88. The number of aromatic nitrogens is 4. The lowest BCUT2D eigenvalue weighted by atomic mass is 10.2. The van der Waals surface area contributed by atoms with Crippen LogP contribution >= 0.6 is 11.6 Å². The van der Waals surface area contributed by atoms with Gasteiger partial charge < -0.3 is 5.73 Å². The molecule has 8 heteroatoms. The first-order valence-electron chi connectivity index (χ1n) is 4.64. The van der Waals surface area contributed by atoms with Crippen molar-refractivity contribution in [2.45, 2.75) is 0 Å². The third-order valence-corrected chi connectivity index (χ3v) is 2.34. The predicted octanol–water partition coefficient (Wildman–Crippen LogP) is 0.698. The van der Waals surface area contributed by atoms with E-state index in [2.05, 4.69) is 20.4 Å². The molecule has 0 aliphatic carbocycles. The highest BCUT2D eigenvalue weighted by molar-refractivity contribution is 6.33. The highest BCUT2D eigenvalue weighted by Crippen LogP contribution is 2.16. The van der Waals surface area contributed by atoms with Gasteiger partial charge in [-0.2, -0.15) is 10.1 Å². The predicted molar refractivity (Wildman–Crippen MR) is 62.6 cm³/mol. The van der Waals surface area contributed by atoms with Crippen molar-refractivity contribution in [3.05, 3.63) is 29.3 Å². The number of halogens is 1. The molecule has 0 aliphatic heterocycles. The molecule has 0 saturated heterocycles. The van der Waals surface area contributed by atoms with Crippen LogP contribution in [0, 0.1) is 0 Å². The highest BCUT2D eigenvalue weighted by Gasteiger charge is 2.14.